The van der Waals surface area contributed by atoms with E-state index in [1.165, 1.54) is 11.6 Å². The van der Waals surface area contributed by atoms with Gasteiger partial charge >= 0.3 is 5.97 Å². The topological polar surface area (TPSA) is 53.1 Å². The molecule has 0 aliphatic heterocycles. The molecule has 0 atom stereocenters. The van der Waals surface area contributed by atoms with E-state index in [2.05, 4.69) is 24.9 Å². The van der Waals surface area contributed by atoms with Crippen molar-refractivity contribution in [3.05, 3.63) is 41.6 Å². The second kappa shape index (κ2) is 5.53. The Kier molecular flexibility index (Phi) is 3.98. The monoisotopic (exact) mass is 271 g/mol. The maximum Gasteiger partial charge on any atom is 0.328 e. The molecular weight excluding hydrogens is 250 g/mol. The van der Waals surface area contributed by atoms with Crippen LogP contribution in [0, 0.1) is 5.92 Å². The number of para-hydroxylation sites is 1. The Hall–Kier alpha value is -2.03. The molecule has 0 saturated heterocycles. The predicted octanol–water partition coefficient (Wildman–Crippen LogP) is 4.42. The Labute approximate surface area is 119 Å². The Bertz CT molecular complexity index is 663. The summed E-state index contributed by atoms with van der Waals surface area (Å²) in [6.45, 7) is 8.34. The predicted molar refractivity (Wildman–Crippen MR) is 82.8 cm³/mol. The summed E-state index contributed by atoms with van der Waals surface area (Å²) < 4.78 is 0. The molecule has 0 fully saturated rings. The highest BCUT2D eigenvalue weighted by Gasteiger charge is 2.15. The van der Waals surface area contributed by atoms with E-state index in [9.17, 15) is 4.79 Å². The van der Waals surface area contributed by atoms with Crippen LogP contribution in [-0.4, -0.2) is 16.1 Å². The maximum absolute atomic E-state index is 11.0. The van der Waals surface area contributed by atoms with Gasteiger partial charge in [0.15, 0.2) is 0 Å². The number of aliphatic carboxylic acids is 1. The van der Waals surface area contributed by atoms with Gasteiger partial charge in [0, 0.05) is 28.7 Å². The molecule has 0 spiro atoms. The van der Waals surface area contributed by atoms with Crippen molar-refractivity contribution in [2.45, 2.75) is 33.6 Å². The molecule has 0 unspecified atom stereocenters. The average molecular weight is 271 g/mol. The Morgan fingerprint density at radius 2 is 1.95 bits per heavy atom. The van der Waals surface area contributed by atoms with E-state index in [0.29, 0.717) is 5.92 Å². The summed E-state index contributed by atoms with van der Waals surface area (Å²) in [6, 6.07) is 6.20. The van der Waals surface area contributed by atoms with E-state index in [1.54, 1.807) is 0 Å². The minimum atomic E-state index is -0.900. The summed E-state index contributed by atoms with van der Waals surface area (Å²) in [7, 11) is 0. The largest absolute Gasteiger partial charge is 0.478 e. The number of hydrogen-bond donors (Lipinski definition) is 2. The van der Waals surface area contributed by atoms with Gasteiger partial charge in [0.2, 0.25) is 0 Å². The van der Waals surface area contributed by atoms with E-state index >= 15 is 0 Å². The van der Waals surface area contributed by atoms with Crippen molar-refractivity contribution >= 4 is 22.4 Å². The van der Waals surface area contributed by atoms with Crippen molar-refractivity contribution < 1.29 is 9.90 Å². The van der Waals surface area contributed by atoms with E-state index in [-0.39, 0.29) is 5.92 Å². The normalized spacial score (nSPS) is 12.6. The molecule has 0 bridgehead atoms. The SMILES string of the molecule is CC(C)/C(=C\C(=O)O)c1c[nH]c2c(C(C)C)cccc12. The number of H-pyrrole nitrogens is 1. The number of rotatable bonds is 4. The summed E-state index contributed by atoms with van der Waals surface area (Å²) in [6.07, 6.45) is 3.24. The van der Waals surface area contributed by atoms with E-state index in [1.807, 2.05) is 32.2 Å². The van der Waals surface area contributed by atoms with Gasteiger partial charge in [-0.05, 0) is 23.0 Å². The second-order valence-corrected chi connectivity index (χ2v) is 5.72. The third-order valence-corrected chi connectivity index (χ3v) is 3.58. The summed E-state index contributed by atoms with van der Waals surface area (Å²) in [5.74, 6) is -0.313. The van der Waals surface area contributed by atoms with Crippen LogP contribution in [0.1, 0.15) is 44.7 Å². The molecule has 20 heavy (non-hydrogen) atoms. The fourth-order valence-electron chi connectivity index (χ4n) is 2.59. The van der Waals surface area contributed by atoms with Crippen LogP contribution < -0.4 is 0 Å². The molecule has 3 nitrogen and oxygen atoms in total. The number of allylic oxidation sites excluding steroid dienone is 1. The first-order valence-corrected chi connectivity index (χ1v) is 6.96. The maximum atomic E-state index is 11.0. The third kappa shape index (κ3) is 2.62. The lowest BCUT2D eigenvalue weighted by Gasteiger charge is -2.11. The number of aromatic amines is 1. The van der Waals surface area contributed by atoms with E-state index in [4.69, 9.17) is 5.11 Å². The Morgan fingerprint density at radius 3 is 2.50 bits per heavy atom. The summed E-state index contributed by atoms with van der Waals surface area (Å²) in [5.41, 5.74) is 4.20. The van der Waals surface area contributed by atoms with Crippen LogP contribution in [0.15, 0.2) is 30.5 Å². The van der Waals surface area contributed by atoms with Gasteiger partial charge in [0.05, 0.1) is 0 Å². The Morgan fingerprint density at radius 1 is 1.25 bits per heavy atom. The number of aromatic nitrogens is 1. The zero-order valence-electron chi connectivity index (χ0n) is 12.4. The number of carbonyl (C=O) groups is 1. The van der Waals surface area contributed by atoms with Gasteiger partial charge in [0.25, 0.3) is 0 Å². The first kappa shape index (κ1) is 14.4. The molecule has 1 aromatic heterocycles. The number of carboxylic acids is 1. The number of carboxylic acid groups (broad SMARTS) is 1. The lowest BCUT2D eigenvalue weighted by Crippen LogP contribution is -1.98. The van der Waals surface area contributed by atoms with Crippen molar-refractivity contribution in [1.29, 1.82) is 0 Å². The minimum absolute atomic E-state index is 0.160. The molecule has 2 aromatic rings. The van der Waals surface area contributed by atoms with Crippen molar-refractivity contribution in [2.75, 3.05) is 0 Å². The number of benzene rings is 1. The molecule has 0 radical (unpaired) electrons. The molecule has 1 heterocycles. The summed E-state index contributed by atoms with van der Waals surface area (Å²) in [4.78, 5) is 14.3. The molecule has 3 heteroatoms. The van der Waals surface area contributed by atoms with Crippen molar-refractivity contribution in [1.82, 2.24) is 4.98 Å². The minimum Gasteiger partial charge on any atom is -0.478 e. The smallest absolute Gasteiger partial charge is 0.328 e. The van der Waals surface area contributed by atoms with Gasteiger partial charge in [-0.3, -0.25) is 0 Å². The van der Waals surface area contributed by atoms with E-state index < -0.39 is 5.97 Å². The molecule has 0 aliphatic carbocycles. The number of nitrogens with one attached hydrogen (secondary N) is 1. The molecule has 1 aromatic carbocycles. The molecule has 0 amide bonds. The van der Waals surface area contributed by atoms with Crippen LogP contribution in [0.5, 0.6) is 0 Å². The number of fused-ring (bicyclic) bond motifs is 1. The first-order chi connectivity index (χ1) is 9.41. The summed E-state index contributed by atoms with van der Waals surface area (Å²) in [5, 5.41) is 10.2. The van der Waals surface area contributed by atoms with Crippen LogP contribution >= 0.6 is 0 Å². The highest BCUT2D eigenvalue weighted by molar-refractivity contribution is 5.99. The molecule has 0 saturated carbocycles. The lowest BCUT2D eigenvalue weighted by molar-refractivity contribution is -0.131. The molecule has 2 rings (SSSR count). The van der Waals surface area contributed by atoms with Crippen LogP contribution in [0.4, 0.5) is 0 Å². The standard InChI is InChI=1S/C17H21NO2/c1-10(2)12-6-5-7-13-15(9-18-17(12)13)14(11(3)4)8-16(19)20/h5-11,18H,1-4H3,(H,19,20)/b14-8+. The molecule has 2 N–H and O–H groups in total. The van der Waals surface area contributed by atoms with E-state index in [0.717, 1.165) is 22.0 Å². The van der Waals surface area contributed by atoms with Crippen LogP contribution in [0.25, 0.3) is 16.5 Å². The van der Waals surface area contributed by atoms with Crippen molar-refractivity contribution in [3.8, 4) is 0 Å². The van der Waals surface area contributed by atoms with Gasteiger partial charge in [-0.1, -0.05) is 45.9 Å². The third-order valence-electron chi connectivity index (χ3n) is 3.58. The summed E-state index contributed by atoms with van der Waals surface area (Å²) >= 11 is 0. The fraction of sp³-hybridized carbons (Fsp3) is 0.353. The average Bonchev–Trinajstić information content (AvgIpc) is 2.78. The van der Waals surface area contributed by atoms with Crippen molar-refractivity contribution in [3.63, 3.8) is 0 Å². The van der Waals surface area contributed by atoms with Gasteiger partial charge < -0.3 is 10.1 Å². The quantitative estimate of drug-likeness (QED) is 0.809. The Balaban J connectivity index is 2.67. The molecular formula is C17H21NO2. The highest BCUT2D eigenvalue weighted by Crippen LogP contribution is 2.33. The van der Waals surface area contributed by atoms with Gasteiger partial charge in [-0.25, -0.2) is 4.79 Å². The first-order valence-electron chi connectivity index (χ1n) is 6.96. The zero-order chi connectivity index (χ0) is 14.9. The second-order valence-electron chi connectivity index (χ2n) is 5.72. The fourth-order valence-corrected chi connectivity index (χ4v) is 2.59. The van der Waals surface area contributed by atoms with Crippen LogP contribution in [-0.2, 0) is 4.79 Å². The van der Waals surface area contributed by atoms with Crippen LogP contribution in [0.3, 0.4) is 0 Å². The highest BCUT2D eigenvalue weighted by atomic mass is 16.4. The van der Waals surface area contributed by atoms with Gasteiger partial charge in [-0.2, -0.15) is 0 Å². The zero-order valence-corrected chi connectivity index (χ0v) is 12.4. The lowest BCUT2D eigenvalue weighted by atomic mass is 9.93. The van der Waals surface area contributed by atoms with Crippen LogP contribution in [0.2, 0.25) is 0 Å². The van der Waals surface area contributed by atoms with Crippen molar-refractivity contribution in [2.24, 2.45) is 5.92 Å². The molecule has 106 valence electrons. The number of hydrogen-bond acceptors (Lipinski definition) is 1. The van der Waals surface area contributed by atoms with Gasteiger partial charge in [0.1, 0.15) is 0 Å². The van der Waals surface area contributed by atoms with Gasteiger partial charge in [-0.15, -0.1) is 0 Å². The molecule has 0 aliphatic rings.